The largest absolute Gasteiger partial charge is 0.353 e. The molecule has 1 heterocycles. The molecule has 2 amide bonds. The average Bonchev–Trinajstić information content (AvgIpc) is 3.37. The van der Waals surface area contributed by atoms with Gasteiger partial charge < -0.3 is 10.2 Å². The van der Waals surface area contributed by atoms with E-state index < -0.39 is 0 Å². The van der Waals surface area contributed by atoms with Crippen LogP contribution in [0.2, 0.25) is 0 Å². The van der Waals surface area contributed by atoms with Gasteiger partial charge in [-0.3, -0.25) is 9.59 Å². The highest BCUT2D eigenvalue weighted by Crippen LogP contribution is 2.35. The number of nitrogens with zero attached hydrogens (tertiary/aromatic N) is 1. The minimum absolute atomic E-state index is 0.00702. The number of thioether (sulfide) groups is 1. The van der Waals surface area contributed by atoms with Crippen molar-refractivity contribution in [3.63, 3.8) is 0 Å². The van der Waals surface area contributed by atoms with Gasteiger partial charge in [-0.15, -0.1) is 11.8 Å². The van der Waals surface area contributed by atoms with Crippen molar-refractivity contribution in [2.75, 3.05) is 17.2 Å². The molecule has 1 saturated carbocycles. The fourth-order valence-corrected chi connectivity index (χ4v) is 3.82. The van der Waals surface area contributed by atoms with Crippen LogP contribution in [0.4, 0.5) is 5.69 Å². The molecule has 2 aliphatic rings. The zero-order valence-corrected chi connectivity index (χ0v) is 13.7. The molecule has 0 radical (unpaired) electrons. The zero-order chi connectivity index (χ0) is 15.5. The summed E-state index contributed by atoms with van der Waals surface area (Å²) in [6.07, 6.45) is 2.98. The van der Waals surface area contributed by atoms with Gasteiger partial charge in [0.25, 0.3) is 0 Å². The molecule has 4 nitrogen and oxygen atoms in total. The van der Waals surface area contributed by atoms with Gasteiger partial charge in [0.15, 0.2) is 0 Å². The number of hydrogen-bond acceptors (Lipinski definition) is 3. The van der Waals surface area contributed by atoms with Crippen LogP contribution in [0.15, 0.2) is 29.2 Å². The van der Waals surface area contributed by atoms with E-state index >= 15 is 0 Å². The van der Waals surface area contributed by atoms with Crippen molar-refractivity contribution < 1.29 is 9.59 Å². The first-order valence-corrected chi connectivity index (χ1v) is 8.95. The van der Waals surface area contributed by atoms with E-state index in [1.54, 1.807) is 11.8 Å². The molecule has 1 fully saturated rings. The van der Waals surface area contributed by atoms with Crippen LogP contribution in [0.5, 0.6) is 0 Å². The maximum Gasteiger partial charge on any atom is 0.227 e. The lowest BCUT2D eigenvalue weighted by atomic mass is 10.2. The van der Waals surface area contributed by atoms with Crippen molar-refractivity contribution in [3.05, 3.63) is 24.3 Å². The summed E-state index contributed by atoms with van der Waals surface area (Å²) in [6.45, 7) is 2.77. The van der Waals surface area contributed by atoms with Crippen LogP contribution in [0.3, 0.4) is 0 Å². The Labute approximate surface area is 135 Å². The van der Waals surface area contributed by atoms with Gasteiger partial charge in [-0.25, -0.2) is 0 Å². The predicted molar refractivity (Wildman–Crippen MR) is 89.1 cm³/mol. The number of fused-ring (bicyclic) bond motifs is 1. The van der Waals surface area contributed by atoms with E-state index in [1.807, 2.05) is 29.2 Å². The van der Waals surface area contributed by atoms with Gasteiger partial charge in [0.05, 0.1) is 5.69 Å². The van der Waals surface area contributed by atoms with E-state index in [-0.39, 0.29) is 30.7 Å². The Morgan fingerprint density at radius 2 is 2.09 bits per heavy atom. The standard InChI is InChI=1S/C17H22N2O2S/c1-12(13-6-7-13)18-16(20)8-9-17(21)19-10-11-22-15-5-3-2-4-14(15)19/h2-5,12-13H,6-11H2,1H3,(H,18,20). The summed E-state index contributed by atoms with van der Waals surface area (Å²) in [6, 6.07) is 8.22. The quantitative estimate of drug-likeness (QED) is 0.908. The summed E-state index contributed by atoms with van der Waals surface area (Å²) in [5.41, 5.74) is 0.982. The number of hydrogen-bond donors (Lipinski definition) is 1. The Balaban J connectivity index is 1.53. The summed E-state index contributed by atoms with van der Waals surface area (Å²) in [5, 5.41) is 3.01. The third-order valence-electron chi connectivity index (χ3n) is 4.31. The number of amides is 2. The second-order valence-corrected chi connectivity index (χ2v) is 7.19. The second-order valence-electron chi connectivity index (χ2n) is 6.06. The van der Waals surface area contributed by atoms with Crippen LogP contribution in [0, 0.1) is 5.92 Å². The summed E-state index contributed by atoms with van der Waals surface area (Å²) < 4.78 is 0. The minimum Gasteiger partial charge on any atom is -0.353 e. The summed E-state index contributed by atoms with van der Waals surface area (Å²) in [7, 11) is 0. The van der Waals surface area contributed by atoms with Crippen LogP contribution >= 0.6 is 11.8 Å². The topological polar surface area (TPSA) is 49.4 Å². The highest BCUT2D eigenvalue weighted by atomic mass is 32.2. The van der Waals surface area contributed by atoms with Gasteiger partial charge in [-0.05, 0) is 37.8 Å². The number of carbonyl (C=O) groups excluding carboxylic acids is 2. The molecule has 1 aliphatic heterocycles. The van der Waals surface area contributed by atoms with Crippen LogP contribution in [-0.2, 0) is 9.59 Å². The van der Waals surface area contributed by atoms with E-state index in [9.17, 15) is 9.59 Å². The normalized spacial score (nSPS) is 18.5. The number of anilines is 1. The monoisotopic (exact) mass is 318 g/mol. The van der Waals surface area contributed by atoms with Crippen molar-refractivity contribution in [2.24, 2.45) is 5.92 Å². The molecule has 0 bridgehead atoms. The molecule has 0 saturated heterocycles. The fraction of sp³-hybridized carbons (Fsp3) is 0.529. The first-order valence-electron chi connectivity index (χ1n) is 7.96. The lowest BCUT2D eigenvalue weighted by molar-refractivity contribution is -0.125. The Morgan fingerprint density at radius 1 is 1.32 bits per heavy atom. The molecule has 1 N–H and O–H groups in total. The van der Waals surface area contributed by atoms with Crippen LogP contribution in [0.1, 0.15) is 32.6 Å². The molecular weight excluding hydrogens is 296 g/mol. The summed E-state index contributed by atoms with van der Waals surface area (Å²) >= 11 is 1.78. The first-order chi connectivity index (χ1) is 10.6. The summed E-state index contributed by atoms with van der Waals surface area (Å²) in [4.78, 5) is 27.3. The molecule has 22 heavy (non-hydrogen) atoms. The second kappa shape index (κ2) is 6.73. The molecular formula is C17H22N2O2S. The zero-order valence-electron chi connectivity index (χ0n) is 12.9. The van der Waals surface area contributed by atoms with Gasteiger partial charge in [0.1, 0.15) is 0 Å². The molecule has 1 aliphatic carbocycles. The van der Waals surface area contributed by atoms with Crippen molar-refractivity contribution in [2.45, 2.75) is 43.5 Å². The minimum atomic E-state index is -0.00702. The van der Waals surface area contributed by atoms with Crippen molar-refractivity contribution in [3.8, 4) is 0 Å². The van der Waals surface area contributed by atoms with Crippen LogP contribution in [0.25, 0.3) is 0 Å². The van der Waals surface area contributed by atoms with E-state index in [2.05, 4.69) is 12.2 Å². The number of para-hydroxylation sites is 1. The number of rotatable bonds is 5. The molecule has 5 heteroatoms. The molecule has 1 atom stereocenters. The molecule has 118 valence electrons. The third-order valence-corrected chi connectivity index (χ3v) is 5.36. The fourth-order valence-electron chi connectivity index (χ4n) is 2.82. The molecule has 0 spiro atoms. The maximum absolute atomic E-state index is 12.4. The Morgan fingerprint density at radius 3 is 2.86 bits per heavy atom. The van der Waals surface area contributed by atoms with Crippen molar-refractivity contribution >= 4 is 29.3 Å². The van der Waals surface area contributed by atoms with Gasteiger partial charge in [-0.2, -0.15) is 0 Å². The number of carbonyl (C=O) groups is 2. The van der Waals surface area contributed by atoms with Gasteiger partial charge in [0, 0.05) is 36.1 Å². The van der Waals surface area contributed by atoms with E-state index in [1.165, 1.54) is 12.8 Å². The average molecular weight is 318 g/mol. The van der Waals surface area contributed by atoms with Crippen LogP contribution < -0.4 is 10.2 Å². The highest BCUT2D eigenvalue weighted by molar-refractivity contribution is 7.99. The third kappa shape index (κ3) is 3.64. The van der Waals surface area contributed by atoms with Crippen LogP contribution in [-0.4, -0.2) is 30.2 Å². The molecule has 1 unspecified atom stereocenters. The first kappa shape index (κ1) is 15.4. The number of nitrogens with one attached hydrogen (secondary N) is 1. The Hall–Kier alpha value is -1.49. The lowest BCUT2D eigenvalue weighted by Gasteiger charge is -2.29. The maximum atomic E-state index is 12.4. The molecule has 3 rings (SSSR count). The molecule has 0 aromatic heterocycles. The highest BCUT2D eigenvalue weighted by Gasteiger charge is 2.29. The van der Waals surface area contributed by atoms with Gasteiger partial charge in [0.2, 0.25) is 11.8 Å². The number of benzene rings is 1. The van der Waals surface area contributed by atoms with E-state index in [0.29, 0.717) is 5.92 Å². The van der Waals surface area contributed by atoms with E-state index in [0.717, 1.165) is 22.9 Å². The SMILES string of the molecule is CC(NC(=O)CCC(=O)N1CCSc2ccccc21)C1CC1. The Kier molecular flexibility index (Phi) is 4.71. The Bertz CT molecular complexity index is 572. The van der Waals surface area contributed by atoms with E-state index in [4.69, 9.17) is 0 Å². The summed E-state index contributed by atoms with van der Waals surface area (Å²) in [5.74, 6) is 1.59. The van der Waals surface area contributed by atoms with Gasteiger partial charge >= 0.3 is 0 Å². The van der Waals surface area contributed by atoms with Gasteiger partial charge in [-0.1, -0.05) is 12.1 Å². The van der Waals surface area contributed by atoms with Crippen molar-refractivity contribution in [1.29, 1.82) is 0 Å². The van der Waals surface area contributed by atoms with Crippen molar-refractivity contribution in [1.82, 2.24) is 5.32 Å². The lowest BCUT2D eigenvalue weighted by Crippen LogP contribution is -2.37. The molecule has 1 aromatic carbocycles. The smallest absolute Gasteiger partial charge is 0.227 e. The molecule has 1 aromatic rings. The predicted octanol–water partition coefficient (Wildman–Crippen LogP) is 2.82.